The summed E-state index contributed by atoms with van der Waals surface area (Å²) in [5.74, 6) is 0.897. The van der Waals surface area contributed by atoms with Crippen molar-refractivity contribution in [1.82, 2.24) is 10.2 Å². The molecule has 1 N–H and O–H groups in total. The van der Waals surface area contributed by atoms with Gasteiger partial charge in [-0.25, -0.2) is 0 Å². The van der Waals surface area contributed by atoms with Crippen molar-refractivity contribution in [2.75, 3.05) is 39.4 Å². The van der Waals surface area contributed by atoms with Gasteiger partial charge in [0.15, 0.2) is 0 Å². The van der Waals surface area contributed by atoms with Crippen molar-refractivity contribution in [3.8, 4) is 0 Å². The van der Waals surface area contributed by atoms with Crippen LogP contribution in [0, 0.1) is 5.92 Å². The van der Waals surface area contributed by atoms with E-state index in [2.05, 4.69) is 15.0 Å². The van der Waals surface area contributed by atoms with Gasteiger partial charge in [-0.2, -0.15) is 13.2 Å². The summed E-state index contributed by atoms with van der Waals surface area (Å²) in [6.45, 7) is 2.69. The summed E-state index contributed by atoms with van der Waals surface area (Å²) < 4.78 is 40.3. The SMILES string of the molecule is Cl.FC(F)(F)COCCN1CCC(NCC2CC2)CC1. The van der Waals surface area contributed by atoms with E-state index in [1.54, 1.807) is 0 Å². The van der Waals surface area contributed by atoms with Crippen LogP contribution in [0.15, 0.2) is 0 Å². The molecule has 0 bridgehead atoms. The maximum atomic E-state index is 11.9. The van der Waals surface area contributed by atoms with Crippen LogP contribution >= 0.6 is 12.4 Å². The highest BCUT2D eigenvalue weighted by atomic mass is 35.5. The fraction of sp³-hybridized carbons (Fsp3) is 1.00. The zero-order chi connectivity index (χ0) is 13.7. The fourth-order valence-corrected chi connectivity index (χ4v) is 2.40. The maximum absolute atomic E-state index is 11.9. The third-order valence-corrected chi connectivity index (χ3v) is 3.80. The Labute approximate surface area is 124 Å². The molecule has 0 amide bonds. The lowest BCUT2D eigenvalue weighted by molar-refractivity contribution is -0.174. The number of halogens is 4. The number of hydrogen-bond acceptors (Lipinski definition) is 3. The van der Waals surface area contributed by atoms with Crippen molar-refractivity contribution in [3.63, 3.8) is 0 Å². The topological polar surface area (TPSA) is 24.5 Å². The predicted octanol–water partition coefficient (Wildman–Crippen LogP) is 2.45. The zero-order valence-electron chi connectivity index (χ0n) is 11.6. The smallest absolute Gasteiger partial charge is 0.371 e. The van der Waals surface area contributed by atoms with E-state index in [1.165, 1.54) is 12.8 Å². The molecular formula is C13H24ClF3N2O. The molecule has 0 aromatic carbocycles. The lowest BCUT2D eigenvalue weighted by atomic mass is 10.1. The summed E-state index contributed by atoms with van der Waals surface area (Å²) in [6.07, 6.45) is 0.697. The van der Waals surface area contributed by atoms with Gasteiger partial charge in [0.2, 0.25) is 0 Å². The average molecular weight is 317 g/mol. The minimum absolute atomic E-state index is 0. The van der Waals surface area contributed by atoms with Gasteiger partial charge in [0.05, 0.1) is 6.61 Å². The molecule has 1 heterocycles. The molecule has 1 aliphatic carbocycles. The summed E-state index contributed by atoms with van der Waals surface area (Å²) in [4.78, 5) is 2.19. The van der Waals surface area contributed by atoms with Gasteiger partial charge in [0.25, 0.3) is 0 Å². The Hall–Kier alpha value is -0.0400. The van der Waals surface area contributed by atoms with Crippen LogP contribution in [-0.4, -0.2) is 56.5 Å². The first-order valence-corrected chi connectivity index (χ1v) is 7.13. The lowest BCUT2D eigenvalue weighted by Crippen LogP contribution is -2.44. The molecule has 2 fully saturated rings. The highest BCUT2D eigenvalue weighted by Gasteiger charge is 2.27. The molecule has 20 heavy (non-hydrogen) atoms. The molecule has 1 saturated carbocycles. The standard InChI is InChI=1S/C13H23F3N2O.ClH/c14-13(15,16)10-19-8-7-18-5-3-12(4-6-18)17-9-11-1-2-11;/h11-12,17H,1-10H2;1H. The van der Waals surface area contributed by atoms with Crippen LogP contribution in [-0.2, 0) is 4.74 Å². The van der Waals surface area contributed by atoms with Crippen molar-refractivity contribution in [3.05, 3.63) is 0 Å². The van der Waals surface area contributed by atoms with Gasteiger partial charge in [-0.05, 0) is 51.2 Å². The Kier molecular flexibility index (Phi) is 7.58. The number of piperidine rings is 1. The van der Waals surface area contributed by atoms with Gasteiger partial charge >= 0.3 is 6.18 Å². The average Bonchev–Trinajstić information content (AvgIpc) is 3.16. The van der Waals surface area contributed by atoms with E-state index in [9.17, 15) is 13.2 Å². The lowest BCUT2D eigenvalue weighted by Gasteiger charge is -2.32. The first-order valence-electron chi connectivity index (χ1n) is 7.13. The minimum atomic E-state index is -4.21. The molecule has 0 unspecified atom stereocenters. The molecule has 0 aromatic heterocycles. The van der Waals surface area contributed by atoms with Crippen LogP contribution in [0.25, 0.3) is 0 Å². The van der Waals surface area contributed by atoms with Crippen LogP contribution in [0.4, 0.5) is 13.2 Å². The van der Waals surface area contributed by atoms with Crippen LogP contribution < -0.4 is 5.32 Å². The van der Waals surface area contributed by atoms with E-state index in [0.29, 0.717) is 12.6 Å². The van der Waals surface area contributed by atoms with Crippen molar-refractivity contribution in [2.24, 2.45) is 5.92 Å². The predicted molar refractivity (Wildman–Crippen MR) is 74.3 cm³/mol. The highest BCUT2D eigenvalue weighted by molar-refractivity contribution is 5.85. The minimum Gasteiger partial charge on any atom is -0.371 e. The van der Waals surface area contributed by atoms with E-state index in [-0.39, 0.29) is 19.0 Å². The molecule has 7 heteroatoms. The van der Waals surface area contributed by atoms with Crippen LogP contribution in [0.2, 0.25) is 0 Å². The molecule has 3 nitrogen and oxygen atoms in total. The third-order valence-electron chi connectivity index (χ3n) is 3.80. The quantitative estimate of drug-likeness (QED) is 0.730. The number of nitrogens with one attached hydrogen (secondary N) is 1. The van der Waals surface area contributed by atoms with Gasteiger partial charge in [0, 0.05) is 12.6 Å². The van der Waals surface area contributed by atoms with Gasteiger partial charge in [0.1, 0.15) is 6.61 Å². The normalized spacial score (nSPS) is 21.8. The number of likely N-dealkylation sites (tertiary alicyclic amines) is 1. The molecule has 0 atom stereocenters. The Morgan fingerprint density at radius 2 is 1.75 bits per heavy atom. The highest BCUT2D eigenvalue weighted by Crippen LogP contribution is 2.28. The van der Waals surface area contributed by atoms with Crippen LogP contribution in [0.5, 0.6) is 0 Å². The molecule has 0 spiro atoms. The van der Waals surface area contributed by atoms with Gasteiger partial charge < -0.3 is 15.0 Å². The van der Waals surface area contributed by atoms with Crippen molar-refractivity contribution in [1.29, 1.82) is 0 Å². The largest absolute Gasteiger partial charge is 0.411 e. The van der Waals surface area contributed by atoms with Crippen molar-refractivity contribution < 1.29 is 17.9 Å². The zero-order valence-corrected chi connectivity index (χ0v) is 12.4. The number of alkyl halides is 3. The molecular weight excluding hydrogens is 293 g/mol. The van der Waals surface area contributed by atoms with Crippen LogP contribution in [0.1, 0.15) is 25.7 Å². The summed E-state index contributed by atoms with van der Waals surface area (Å²) in [6, 6.07) is 0.591. The van der Waals surface area contributed by atoms with Gasteiger partial charge in [-0.15, -0.1) is 12.4 Å². The molecule has 0 radical (unpaired) electrons. The molecule has 1 aliphatic heterocycles. The Morgan fingerprint density at radius 1 is 1.10 bits per heavy atom. The van der Waals surface area contributed by atoms with E-state index in [4.69, 9.17) is 0 Å². The second kappa shape index (κ2) is 8.41. The third kappa shape index (κ3) is 7.67. The summed E-state index contributed by atoms with van der Waals surface area (Å²) >= 11 is 0. The Morgan fingerprint density at radius 3 is 2.30 bits per heavy atom. The number of nitrogens with zero attached hydrogens (tertiary/aromatic N) is 1. The maximum Gasteiger partial charge on any atom is 0.411 e. The Balaban J connectivity index is 0.00000200. The number of ether oxygens (including phenoxy) is 1. The summed E-state index contributed by atoms with van der Waals surface area (Å²) in [5, 5.41) is 3.58. The summed E-state index contributed by atoms with van der Waals surface area (Å²) in [7, 11) is 0. The number of hydrogen-bond donors (Lipinski definition) is 1. The first kappa shape index (κ1) is 18.0. The molecule has 0 aromatic rings. The van der Waals surface area contributed by atoms with E-state index in [0.717, 1.165) is 38.4 Å². The monoisotopic (exact) mass is 316 g/mol. The van der Waals surface area contributed by atoms with Crippen LogP contribution in [0.3, 0.4) is 0 Å². The second-order valence-corrected chi connectivity index (χ2v) is 5.64. The summed E-state index contributed by atoms with van der Waals surface area (Å²) in [5.41, 5.74) is 0. The van der Waals surface area contributed by atoms with E-state index >= 15 is 0 Å². The van der Waals surface area contributed by atoms with Gasteiger partial charge in [-0.1, -0.05) is 0 Å². The van der Waals surface area contributed by atoms with E-state index < -0.39 is 12.8 Å². The molecule has 120 valence electrons. The Bertz CT molecular complexity index is 267. The van der Waals surface area contributed by atoms with E-state index in [1.807, 2.05) is 0 Å². The molecule has 2 rings (SSSR count). The van der Waals surface area contributed by atoms with Crippen molar-refractivity contribution >= 4 is 12.4 Å². The fourth-order valence-electron chi connectivity index (χ4n) is 2.40. The molecule has 1 saturated heterocycles. The number of rotatable bonds is 7. The van der Waals surface area contributed by atoms with Gasteiger partial charge in [-0.3, -0.25) is 0 Å². The second-order valence-electron chi connectivity index (χ2n) is 5.64. The first-order chi connectivity index (χ1) is 9.03. The molecule has 2 aliphatic rings. The van der Waals surface area contributed by atoms with Crippen molar-refractivity contribution in [2.45, 2.75) is 37.9 Å².